The van der Waals surface area contributed by atoms with E-state index in [9.17, 15) is 14.7 Å². The highest BCUT2D eigenvalue weighted by Gasteiger charge is 2.35. The lowest BCUT2D eigenvalue weighted by Crippen LogP contribution is -2.48. The normalized spacial score (nSPS) is 20.6. The van der Waals surface area contributed by atoms with Crippen molar-refractivity contribution in [2.45, 2.75) is 44.8 Å². The molecule has 2 N–H and O–H groups in total. The van der Waals surface area contributed by atoms with Crippen molar-refractivity contribution < 1.29 is 14.7 Å². The van der Waals surface area contributed by atoms with Gasteiger partial charge in [-0.3, -0.25) is 14.6 Å². The summed E-state index contributed by atoms with van der Waals surface area (Å²) < 4.78 is 0. The molecule has 5 nitrogen and oxygen atoms in total. The number of aromatic nitrogens is 1. The van der Waals surface area contributed by atoms with Crippen molar-refractivity contribution >= 4 is 23.0 Å². The van der Waals surface area contributed by atoms with Gasteiger partial charge < -0.3 is 10.4 Å². The molecule has 1 atom stereocenters. The molecule has 132 valence electrons. The summed E-state index contributed by atoms with van der Waals surface area (Å²) in [6.07, 6.45) is 3.83. The number of pyridine rings is 1. The molecule has 0 bridgehead atoms. The van der Waals surface area contributed by atoms with Crippen molar-refractivity contribution in [2.24, 2.45) is 5.92 Å². The Labute approximate surface area is 151 Å². The molecule has 0 spiro atoms. The average Bonchev–Trinajstić information content (AvgIpc) is 3.01. The summed E-state index contributed by atoms with van der Waals surface area (Å²) in [4.78, 5) is 28.8. The van der Waals surface area contributed by atoms with Crippen LogP contribution in [0.2, 0.25) is 0 Å². The Kier molecular flexibility index (Phi) is 5.60. The summed E-state index contributed by atoms with van der Waals surface area (Å²) in [7, 11) is 0. The Bertz CT molecular complexity index is 738. The molecule has 1 amide bonds. The number of Topliss-reactive ketones (excluding diaryl/α,β-unsaturated/α-hetero) is 1. The second-order valence-corrected chi connectivity index (χ2v) is 7.55. The summed E-state index contributed by atoms with van der Waals surface area (Å²) in [6.45, 7) is 1.53. The molecule has 1 saturated carbocycles. The fourth-order valence-corrected chi connectivity index (χ4v) is 3.95. The number of aliphatic hydroxyl groups is 1. The molecular weight excluding hydrogens is 336 g/mol. The molecule has 1 aliphatic carbocycles. The second-order valence-electron chi connectivity index (χ2n) is 6.64. The van der Waals surface area contributed by atoms with Crippen LogP contribution in [0, 0.1) is 5.92 Å². The second kappa shape index (κ2) is 7.89. The van der Waals surface area contributed by atoms with E-state index < -0.39 is 0 Å². The number of nitrogens with one attached hydrogen (secondary N) is 1. The standard InChI is InChI=1S/C19H22N2O3S/c1-12(22)18-6-13(11-25-18)7-19(24)21-17(14-8-16(23)9-14)10-15-4-2-3-5-20-15/h2-6,11,14,16-17,23H,7-10H2,1H3,(H,21,24). The van der Waals surface area contributed by atoms with Crippen molar-refractivity contribution in [3.05, 3.63) is 52.0 Å². The molecule has 2 aromatic heterocycles. The van der Waals surface area contributed by atoms with Gasteiger partial charge in [0.05, 0.1) is 17.4 Å². The van der Waals surface area contributed by atoms with Crippen LogP contribution in [-0.2, 0) is 17.6 Å². The summed E-state index contributed by atoms with van der Waals surface area (Å²) in [5.41, 5.74) is 1.79. The largest absolute Gasteiger partial charge is 0.393 e. The van der Waals surface area contributed by atoms with Crippen LogP contribution in [0.15, 0.2) is 35.8 Å². The van der Waals surface area contributed by atoms with Crippen LogP contribution in [0.3, 0.4) is 0 Å². The molecular formula is C19H22N2O3S. The minimum atomic E-state index is -0.261. The molecule has 2 heterocycles. The Morgan fingerprint density at radius 1 is 1.40 bits per heavy atom. The third kappa shape index (κ3) is 4.74. The Balaban J connectivity index is 1.62. The SMILES string of the molecule is CC(=O)c1cc(CC(=O)NC(Cc2ccccn2)C2CC(O)C2)cs1. The number of nitrogens with zero attached hydrogens (tertiary/aromatic N) is 1. The smallest absolute Gasteiger partial charge is 0.224 e. The Morgan fingerprint density at radius 2 is 2.20 bits per heavy atom. The Morgan fingerprint density at radius 3 is 2.80 bits per heavy atom. The average molecular weight is 358 g/mol. The zero-order valence-corrected chi connectivity index (χ0v) is 15.0. The molecule has 1 fully saturated rings. The van der Waals surface area contributed by atoms with Gasteiger partial charge in [0.15, 0.2) is 5.78 Å². The van der Waals surface area contributed by atoms with E-state index in [2.05, 4.69) is 10.3 Å². The van der Waals surface area contributed by atoms with E-state index in [1.54, 1.807) is 12.3 Å². The molecule has 0 aromatic carbocycles. The number of carbonyl (C=O) groups excluding carboxylic acids is 2. The van der Waals surface area contributed by atoms with Crippen LogP contribution in [0.4, 0.5) is 0 Å². The van der Waals surface area contributed by atoms with E-state index in [1.165, 1.54) is 18.3 Å². The predicted molar refractivity (Wildman–Crippen MR) is 96.6 cm³/mol. The highest BCUT2D eigenvalue weighted by atomic mass is 32.1. The van der Waals surface area contributed by atoms with E-state index in [-0.39, 0.29) is 36.2 Å². The number of thiophene rings is 1. The molecule has 1 aliphatic rings. The number of aliphatic hydroxyl groups excluding tert-OH is 1. The molecule has 2 aromatic rings. The van der Waals surface area contributed by atoms with E-state index in [0.717, 1.165) is 11.3 Å². The van der Waals surface area contributed by atoms with Gasteiger partial charge in [0.25, 0.3) is 0 Å². The van der Waals surface area contributed by atoms with Gasteiger partial charge in [0.1, 0.15) is 0 Å². The zero-order chi connectivity index (χ0) is 17.8. The number of carbonyl (C=O) groups is 2. The van der Waals surface area contributed by atoms with Gasteiger partial charge in [-0.25, -0.2) is 0 Å². The highest BCUT2D eigenvalue weighted by Crippen LogP contribution is 2.31. The lowest BCUT2D eigenvalue weighted by Gasteiger charge is -2.38. The fourth-order valence-electron chi connectivity index (χ4n) is 3.13. The first-order valence-electron chi connectivity index (χ1n) is 8.47. The molecule has 0 radical (unpaired) electrons. The third-order valence-electron chi connectivity index (χ3n) is 4.59. The van der Waals surface area contributed by atoms with E-state index in [1.807, 2.05) is 23.6 Å². The van der Waals surface area contributed by atoms with Crippen LogP contribution < -0.4 is 5.32 Å². The van der Waals surface area contributed by atoms with Crippen molar-refractivity contribution in [2.75, 3.05) is 0 Å². The van der Waals surface area contributed by atoms with E-state index in [0.29, 0.717) is 24.1 Å². The molecule has 0 saturated heterocycles. The first-order chi connectivity index (χ1) is 12.0. The van der Waals surface area contributed by atoms with Gasteiger partial charge in [-0.1, -0.05) is 6.07 Å². The maximum Gasteiger partial charge on any atom is 0.224 e. The fraction of sp³-hybridized carbons (Fsp3) is 0.421. The lowest BCUT2D eigenvalue weighted by atomic mass is 9.76. The maximum atomic E-state index is 12.4. The van der Waals surface area contributed by atoms with E-state index >= 15 is 0 Å². The minimum Gasteiger partial charge on any atom is -0.393 e. The van der Waals surface area contributed by atoms with Crippen LogP contribution in [0.1, 0.15) is 40.7 Å². The predicted octanol–water partition coefficient (Wildman–Crippen LogP) is 2.39. The number of hydrogen-bond donors (Lipinski definition) is 2. The maximum absolute atomic E-state index is 12.4. The van der Waals surface area contributed by atoms with Gasteiger partial charge in [0.2, 0.25) is 5.91 Å². The summed E-state index contributed by atoms with van der Waals surface area (Å²) in [5.74, 6) is 0.236. The van der Waals surface area contributed by atoms with E-state index in [4.69, 9.17) is 0 Å². The molecule has 3 rings (SSSR count). The van der Waals surface area contributed by atoms with Gasteiger partial charge in [0, 0.05) is 24.4 Å². The number of rotatable bonds is 7. The molecule has 1 unspecified atom stereocenters. The van der Waals surface area contributed by atoms with Crippen molar-refractivity contribution in [1.29, 1.82) is 0 Å². The quantitative estimate of drug-likeness (QED) is 0.745. The van der Waals surface area contributed by atoms with Gasteiger partial charge >= 0.3 is 0 Å². The Hall–Kier alpha value is -2.05. The first kappa shape index (κ1) is 17.8. The monoisotopic (exact) mass is 358 g/mol. The first-order valence-corrected chi connectivity index (χ1v) is 9.35. The highest BCUT2D eigenvalue weighted by molar-refractivity contribution is 7.12. The molecule has 25 heavy (non-hydrogen) atoms. The lowest BCUT2D eigenvalue weighted by molar-refractivity contribution is -0.122. The topological polar surface area (TPSA) is 79.3 Å². The molecule has 0 aliphatic heterocycles. The van der Waals surface area contributed by atoms with Gasteiger partial charge in [-0.05, 0) is 54.8 Å². The summed E-state index contributed by atoms with van der Waals surface area (Å²) in [6, 6.07) is 7.51. The number of ketones is 1. The van der Waals surface area contributed by atoms with Gasteiger partial charge in [-0.2, -0.15) is 0 Å². The third-order valence-corrected chi connectivity index (χ3v) is 5.67. The van der Waals surface area contributed by atoms with Crippen molar-refractivity contribution in [3.63, 3.8) is 0 Å². The minimum absolute atomic E-state index is 0.0214. The van der Waals surface area contributed by atoms with Crippen LogP contribution in [0.5, 0.6) is 0 Å². The van der Waals surface area contributed by atoms with Gasteiger partial charge in [-0.15, -0.1) is 11.3 Å². The molecule has 6 heteroatoms. The van der Waals surface area contributed by atoms with Crippen molar-refractivity contribution in [1.82, 2.24) is 10.3 Å². The summed E-state index contributed by atoms with van der Waals surface area (Å²) >= 11 is 1.37. The zero-order valence-electron chi connectivity index (χ0n) is 14.1. The number of hydrogen-bond acceptors (Lipinski definition) is 5. The number of amides is 1. The van der Waals surface area contributed by atoms with Crippen molar-refractivity contribution in [3.8, 4) is 0 Å². The van der Waals surface area contributed by atoms with Crippen LogP contribution >= 0.6 is 11.3 Å². The van der Waals surface area contributed by atoms with Crippen LogP contribution in [0.25, 0.3) is 0 Å². The summed E-state index contributed by atoms with van der Waals surface area (Å²) in [5, 5.41) is 14.6. The van der Waals surface area contributed by atoms with Crippen LogP contribution in [-0.4, -0.2) is 33.9 Å².